The summed E-state index contributed by atoms with van der Waals surface area (Å²) >= 11 is 0.804. The maximum Gasteiger partial charge on any atom is 0.325 e. The van der Waals surface area contributed by atoms with Gasteiger partial charge in [0.05, 0.1) is 12.8 Å². The Morgan fingerprint density at radius 2 is 1.93 bits per heavy atom. The molecule has 2 aromatic carbocycles. The molecule has 0 aliphatic carbocycles. The van der Waals surface area contributed by atoms with Crippen molar-refractivity contribution in [3.05, 3.63) is 59.9 Å². The van der Waals surface area contributed by atoms with Gasteiger partial charge in [0, 0.05) is 5.69 Å². The van der Waals surface area contributed by atoms with Gasteiger partial charge in [0.2, 0.25) is 0 Å². The fraction of sp³-hybridized carbons (Fsp3) is 0.211. The van der Waals surface area contributed by atoms with E-state index in [0.717, 1.165) is 22.2 Å². The van der Waals surface area contributed by atoms with E-state index in [1.807, 2.05) is 19.1 Å². The second-order valence-corrected chi connectivity index (χ2v) is 6.96. The number of halogens is 1. The van der Waals surface area contributed by atoms with Crippen molar-refractivity contribution >= 4 is 40.3 Å². The third kappa shape index (κ3) is 3.95. The van der Waals surface area contributed by atoms with Crippen molar-refractivity contribution in [3.63, 3.8) is 0 Å². The van der Waals surface area contributed by atoms with Crippen LogP contribution in [0.4, 0.5) is 20.6 Å². The fourth-order valence-electron chi connectivity index (χ4n) is 2.74. The van der Waals surface area contributed by atoms with Crippen molar-refractivity contribution in [1.82, 2.24) is 0 Å². The smallest absolute Gasteiger partial charge is 0.325 e. The van der Waals surface area contributed by atoms with Gasteiger partial charge in [-0.3, -0.25) is 14.4 Å². The van der Waals surface area contributed by atoms with Crippen LogP contribution in [-0.4, -0.2) is 36.1 Å². The van der Waals surface area contributed by atoms with Crippen LogP contribution in [0.25, 0.3) is 0 Å². The largest absolute Gasteiger partial charge is 0.468 e. The molecule has 27 heavy (non-hydrogen) atoms. The van der Waals surface area contributed by atoms with Crippen molar-refractivity contribution in [2.24, 2.45) is 0 Å². The maximum absolute atomic E-state index is 13.2. The number of anilines is 2. The molecule has 1 atom stereocenters. The Kier molecular flexibility index (Phi) is 5.46. The molecule has 1 heterocycles. The summed E-state index contributed by atoms with van der Waals surface area (Å²) in [7, 11) is 1.26. The number of ether oxygens (including phenoxy) is 1. The SMILES string of the molecule is COC(=O)CN(c1cccc(C)c1)[C@H]1SC(=O)N(c2ccc(F)cc2)C1=O. The van der Waals surface area contributed by atoms with E-state index in [-0.39, 0.29) is 12.2 Å². The Hall–Kier alpha value is -2.87. The molecule has 0 aromatic heterocycles. The van der Waals surface area contributed by atoms with Crippen LogP contribution >= 0.6 is 11.8 Å². The predicted molar refractivity (Wildman–Crippen MR) is 101 cm³/mol. The molecule has 1 aliphatic heterocycles. The number of nitrogens with zero attached hydrogens (tertiary/aromatic N) is 2. The van der Waals surface area contributed by atoms with E-state index in [1.165, 1.54) is 36.3 Å². The molecule has 1 aliphatic rings. The van der Waals surface area contributed by atoms with Gasteiger partial charge in [-0.25, -0.2) is 9.29 Å². The topological polar surface area (TPSA) is 66.9 Å². The molecule has 0 bridgehead atoms. The molecule has 0 N–H and O–H groups in total. The Labute approximate surface area is 159 Å². The second-order valence-electron chi connectivity index (χ2n) is 5.93. The number of carbonyl (C=O) groups is 3. The average Bonchev–Trinajstić information content (AvgIpc) is 2.94. The highest BCUT2D eigenvalue weighted by molar-refractivity contribution is 8.16. The molecule has 140 valence electrons. The first kappa shape index (κ1) is 18.9. The summed E-state index contributed by atoms with van der Waals surface area (Å²) in [5, 5.41) is -1.41. The zero-order valence-electron chi connectivity index (χ0n) is 14.7. The second kappa shape index (κ2) is 7.79. The molecule has 2 amide bonds. The van der Waals surface area contributed by atoms with Crippen LogP contribution in [0.2, 0.25) is 0 Å². The van der Waals surface area contributed by atoms with Gasteiger partial charge in [0.15, 0.2) is 5.37 Å². The molecular formula is C19H17FN2O4S. The highest BCUT2D eigenvalue weighted by Crippen LogP contribution is 2.36. The number of carbonyl (C=O) groups excluding carboxylic acids is 3. The van der Waals surface area contributed by atoms with E-state index in [0.29, 0.717) is 5.69 Å². The molecule has 1 fully saturated rings. The quantitative estimate of drug-likeness (QED) is 0.732. The van der Waals surface area contributed by atoms with E-state index in [4.69, 9.17) is 4.74 Å². The first-order chi connectivity index (χ1) is 12.9. The zero-order chi connectivity index (χ0) is 19.6. The lowest BCUT2D eigenvalue weighted by molar-refractivity contribution is -0.139. The lowest BCUT2D eigenvalue weighted by Gasteiger charge is -2.28. The van der Waals surface area contributed by atoms with Crippen molar-refractivity contribution in [1.29, 1.82) is 0 Å². The van der Waals surface area contributed by atoms with Gasteiger partial charge in [-0.15, -0.1) is 0 Å². The molecular weight excluding hydrogens is 371 g/mol. The third-order valence-electron chi connectivity index (χ3n) is 4.05. The number of aryl methyl sites for hydroxylation is 1. The van der Waals surface area contributed by atoms with Gasteiger partial charge in [-0.2, -0.15) is 0 Å². The van der Waals surface area contributed by atoms with Crippen LogP contribution in [0.15, 0.2) is 48.5 Å². The van der Waals surface area contributed by atoms with Crippen molar-refractivity contribution in [2.75, 3.05) is 23.5 Å². The van der Waals surface area contributed by atoms with Gasteiger partial charge in [-0.05, 0) is 60.6 Å². The Morgan fingerprint density at radius 3 is 2.56 bits per heavy atom. The number of esters is 1. The van der Waals surface area contributed by atoms with Crippen LogP contribution in [0, 0.1) is 12.7 Å². The lowest BCUT2D eigenvalue weighted by atomic mass is 10.2. The normalized spacial score (nSPS) is 16.6. The molecule has 0 unspecified atom stereocenters. The first-order valence-electron chi connectivity index (χ1n) is 8.11. The predicted octanol–water partition coefficient (Wildman–Crippen LogP) is 3.34. The molecule has 6 nitrogen and oxygen atoms in total. The van der Waals surface area contributed by atoms with Gasteiger partial charge in [-0.1, -0.05) is 12.1 Å². The Balaban J connectivity index is 1.95. The number of benzene rings is 2. The summed E-state index contributed by atoms with van der Waals surface area (Å²) in [6.07, 6.45) is 0. The standard InChI is InChI=1S/C19H17FN2O4S/c1-12-4-3-5-15(10-12)21(11-16(23)26-2)18-17(24)22(19(25)27-18)14-8-6-13(20)7-9-14/h3-10,18H,11H2,1-2H3/t18-/m0/s1. The highest BCUT2D eigenvalue weighted by Gasteiger charge is 2.44. The summed E-state index contributed by atoms with van der Waals surface area (Å²) < 4.78 is 17.9. The number of hydrogen-bond donors (Lipinski definition) is 0. The van der Waals surface area contributed by atoms with Crippen LogP contribution in [0.3, 0.4) is 0 Å². The molecule has 3 rings (SSSR count). The number of rotatable bonds is 5. The fourth-order valence-corrected chi connectivity index (χ4v) is 3.76. The van der Waals surface area contributed by atoms with Gasteiger partial charge >= 0.3 is 5.97 Å². The molecule has 1 saturated heterocycles. The lowest BCUT2D eigenvalue weighted by Crippen LogP contribution is -2.44. The van der Waals surface area contributed by atoms with Crippen LogP contribution in [0.1, 0.15) is 5.56 Å². The summed E-state index contributed by atoms with van der Waals surface area (Å²) in [6, 6.07) is 12.4. The molecule has 0 saturated carbocycles. The van der Waals surface area contributed by atoms with Gasteiger partial charge < -0.3 is 9.64 Å². The number of thioether (sulfide) groups is 1. The van der Waals surface area contributed by atoms with Crippen molar-refractivity contribution < 1.29 is 23.5 Å². The maximum atomic E-state index is 13.2. The highest BCUT2D eigenvalue weighted by atomic mass is 32.2. The first-order valence-corrected chi connectivity index (χ1v) is 8.99. The number of hydrogen-bond acceptors (Lipinski definition) is 6. The van der Waals surface area contributed by atoms with Crippen LogP contribution in [-0.2, 0) is 14.3 Å². The zero-order valence-corrected chi connectivity index (χ0v) is 15.5. The molecule has 2 aromatic rings. The van der Waals surface area contributed by atoms with Crippen molar-refractivity contribution in [3.8, 4) is 0 Å². The minimum Gasteiger partial charge on any atom is -0.468 e. The Bertz CT molecular complexity index is 888. The van der Waals surface area contributed by atoms with Gasteiger partial charge in [0.25, 0.3) is 11.1 Å². The molecule has 0 radical (unpaired) electrons. The van der Waals surface area contributed by atoms with Crippen LogP contribution < -0.4 is 9.80 Å². The minimum atomic E-state index is -0.927. The van der Waals surface area contributed by atoms with Gasteiger partial charge in [0.1, 0.15) is 12.4 Å². The summed E-state index contributed by atoms with van der Waals surface area (Å²) in [5.41, 5.74) is 1.85. The van der Waals surface area contributed by atoms with Crippen LogP contribution in [0.5, 0.6) is 0 Å². The van der Waals surface area contributed by atoms with Crippen molar-refractivity contribution in [2.45, 2.75) is 12.3 Å². The summed E-state index contributed by atoms with van der Waals surface area (Å²) in [4.78, 5) is 39.9. The molecule has 8 heteroatoms. The van der Waals surface area contributed by atoms with E-state index < -0.39 is 28.3 Å². The van der Waals surface area contributed by atoms with E-state index in [1.54, 1.807) is 12.1 Å². The minimum absolute atomic E-state index is 0.187. The summed E-state index contributed by atoms with van der Waals surface area (Å²) in [6.45, 7) is 1.70. The third-order valence-corrected chi connectivity index (χ3v) is 5.12. The number of amides is 2. The summed E-state index contributed by atoms with van der Waals surface area (Å²) in [5.74, 6) is -1.49. The average molecular weight is 388 g/mol. The number of imide groups is 1. The number of methoxy groups -OCH3 is 1. The Morgan fingerprint density at radius 1 is 1.22 bits per heavy atom. The van der Waals surface area contributed by atoms with E-state index in [9.17, 15) is 18.8 Å². The van der Waals surface area contributed by atoms with E-state index in [2.05, 4.69) is 0 Å². The van der Waals surface area contributed by atoms with E-state index >= 15 is 0 Å². The monoisotopic (exact) mass is 388 g/mol. The molecule has 0 spiro atoms.